The van der Waals surface area contributed by atoms with Crippen LogP contribution in [0, 0.1) is 13.8 Å². The van der Waals surface area contributed by atoms with E-state index in [9.17, 15) is 21.6 Å². The van der Waals surface area contributed by atoms with E-state index in [1.165, 1.54) is 35.5 Å². The lowest BCUT2D eigenvalue weighted by Gasteiger charge is -2.35. The zero-order chi connectivity index (χ0) is 24.0. The molecule has 0 spiro atoms. The van der Waals surface area contributed by atoms with Gasteiger partial charge in [0.15, 0.2) is 5.76 Å². The number of nitrogens with zero attached hydrogens (tertiary/aromatic N) is 3. The molecular formula is C21H28N4O6S2. The van der Waals surface area contributed by atoms with Gasteiger partial charge in [-0.3, -0.25) is 4.79 Å². The molecule has 0 radical (unpaired) electrons. The molecule has 33 heavy (non-hydrogen) atoms. The van der Waals surface area contributed by atoms with Crippen molar-refractivity contribution in [2.45, 2.75) is 55.9 Å². The number of aryl methyl sites for hydroxylation is 4. The summed E-state index contributed by atoms with van der Waals surface area (Å²) in [7, 11) is -7.65. The second-order valence-electron chi connectivity index (χ2n) is 8.51. The topological polar surface area (TPSA) is 130 Å². The number of fused-ring (bicyclic) bond motifs is 1. The quantitative estimate of drug-likeness (QED) is 0.631. The van der Waals surface area contributed by atoms with Crippen LogP contribution in [-0.2, 0) is 37.7 Å². The van der Waals surface area contributed by atoms with Gasteiger partial charge in [-0.1, -0.05) is 11.2 Å². The number of aromatic nitrogens is 1. The zero-order valence-electron chi connectivity index (χ0n) is 18.9. The Morgan fingerprint density at radius 2 is 1.73 bits per heavy atom. The first-order valence-electron chi connectivity index (χ1n) is 10.9. The monoisotopic (exact) mass is 496 g/mol. The summed E-state index contributed by atoms with van der Waals surface area (Å²) in [6.45, 7) is 5.12. The maximum Gasteiger partial charge on any atom is 0.246 e. The Balaban J connectivity index is 1.39. The first-order valence-corrected chi connectivity index (χ1v) is 13.8. The van der Waals surface area contributed by atoms with Crippen LogP contribution < -0.4 is 4.72 Å². The molecule has 0 saturated carbocycles. The maximum atomic E-state index is 13.1. The maximum absolute atomic E-state index is 13.1. The van der Waals surface area contributed by atoms with Crippen molar-refractivity contribution in [1.82, 2.24) is 19.1 Å². The van der Waals surface area contributed by atoms with E-state index >= 15 is 0 Å². The molecule has 1 aliphatic carbocycles. The highest BCUT2D eigenvalue weighted by atomic mass is 32.2. The summed E-state index contributed by atoms with van der Waals surface area (Å²) in [5.41, 5.74) is 2.51. The Bertz CT molecular complexity index is 1260. The largest absolute Gasteiger partial charge is 0.360 e. The van der Waals surface area contributed by atoms with E-state index in [4.69, 9.17) is 4.52 Å². The molecule has 0 unspecified atom stereocenters. The van der Waals surface area contributed by atoms with Crippen LogP contribution in [0.4, 0.5) is 0 Å². The summed E-state index contributed by atoms with van der Waals surface area (Å²) >= 11 is 0. The normalized spacial score (nSPS) is 18.3. The smallest absolute Gasteiger partial charge is 0.246 e. The zero-order valence-corrected chi connectivity index (χ0v) is 20.5. The van der Waals surface area contributed by atoms with Crippen LogP contribution in [0.5, 0.6) is 0 Å². The molecule has 1 fully saturated rings. The Morgan fingerprint density at radius 3 is 2.36 bits per heavy atom. The average molecular weight is 497 g/mol. The lowest BCUT2D eigenvalue weighted by Crippen LogP contribution is -2.55. The number of sulfonamides is 2. The minimum absolute atomic E-state index is 0.0765. The third-order valence-corrected chi connectivity index (χ3v) is 9.88. The molecule has 2 aromatic rings. The molecule has 4 rings (SSSR count). The number of carbonyl (C=O) groups excluding carboxylic acids is 1. The standard InChI is InChI=1S/C21H28N4O6S2/c1-14-20(16(3)31-22-14)32(27,28)23-15(2)21(26)24-9-11-25(12-10-24)33(29,30)19-8-7-17-5-4-6-18(17)13-19/h7-8,13,15,23H,4-6,9-12H2,1-3H3/t15-/m0/s1. The van der Waals surface area contributed by atoms with E-state index in [0.717, 1.165) is 24.8 Å². The number of carbonyl (C=O) groups is 1. The predicted molar refractivity (Wildman–Crippen MR) is 120 cm³/mol. The molecular weight excluding hydrogens is 468 g/mol. The molecule has 1 saturated heterocycles. The first kappa shape index (κ1) is 23.9. The van der Waals surface area contributed by atoms with E-state index in [0.29, 0.717) is 0 Å². The van der Waals surface area contributed by atoms with E-state index < -0.39 is 32.0 Å². The Labute approximate surface area is 194 Å². The fourth-order valence-corrected chi connectivity index (χ4v) is 7.48. The van der Waals surface area contributed by atoms with Gasteiger partial charge in [-0.05, 0) is 63.3 Å². The van der Waals surface area contributed by atoms with Crippen LogP contribution in [0.15, 0.2) is 32.5 Å². The Hall–Kier alpha value is -2.28. The van der Waals surface area contributed by atoms with Crippen LogP contribution in [-0.4, -0.2) is 69.3 Å². The van der Waals surface area contributed by atoms with Crippen molar-refractivity contribution in [3.05, 3.63) is 40.8 Å². The van der Waals surface area contributed by atoms with E-state index in [-0.39, 0.29) is 47.4 Å². The summed E-state index contributed by atoms with van der Waals surface area (Å²) in [6, 6.07) is 4.29. The predicted octanol–water partition coefficient (Wildman–Crippen LogP) is 0.980. The van der Waals surface area contributed by atoms with Crippen LogP contribution in [0.1, 0.15) is 35.9 Å². The molecule has 10 nitrogen and oxygen atoms in total. The minimum atomic E-state index is -4.00. The van der Waals surface area contributed by atoms with Gasteiger partial charge in [0.2, 0.25) is 26.0 Å². The van der Waals surface area contributed by atoms with Gasteiger partial charge in [-0.25, -0.2) is 16.8 Å². The summed E-state index contributed by atoms with van der Waals surface area (Å²) in [5.74, 6) is -0.273. The first-order chi connectivity index (χ1) is 15.5. The fraction of sp³-hybridized carbons (Fsp3) is 0.524. The summed E-state index contributed by atoms with van der Waals surface area (Å²) in [4.78, 5) is 14.5. The van der Waals surface area contributed by atoms with Gasteiger partial charge in [-0.15, -0.1) is 0 Å². The molecule has 1 aromatic carbocycles. The number of benzene rings is 1. The number of hydrogen-bond acceptors (Lipinski definition) is 7. The van der Waals surface area contributed by atoms with Gasteiger partial charge in [0, 0.05) is 26.2 Å². The molecule has 2 heterocycles. The molecule has 2 aliphatic rings. The summed E-state index contributed by atoms with van der Waals surface area (Å²) < 4.78 is 60.2. The second-order valence-corrected chi connectivity index (χ2v) is 12.1. The number of amides is 1. The number of piperazine rings is 1. The Kier molecular flexibility index (Phi) is 6.38. The highest BCUT2D eigenvalue weighted by Gasteiger charge is 2.34. The molecule has 0 bridgehead atoms. The van der Waals surface area contributed by atoms with Gasteiger partial charge >= 0.3 is 0 Å². The molecule has 180 valence electrons. The molecule has 1 amide bonds. The highest BCUT2D eigenvalue weighted by molar-refractivity contribution is 7.89. The summed E-state index contributed by atoms with van der Waals surface area (Å²) in [6.07, 6.45) is 2.91. The number of nitrogens with one attached hydrogen (secondary N) is 1. The van der Waals surface area contributed by atoms with Crippen molar-refractivity contribution >= 4 is 26.0 Å². The lowest BCUT2D eigenvalue weighted by atomic mass is 10.1. The van der Waals surface area contributed by atoms with Crippen molar-refractivity contribution in [2.24, 2.45) is 0 Å². The van der Waals surface area contributed by atoms with Crippen LogP contribution >= 0.6 is 0 Å². The van der Waals surface area contributed by atoms with E-state index in [2.05, 4.69) is 9.88 Å². The van der Waals surface area contributed by atoms with Crippen molar-refractivity contribution in [3.63, 3.8) is 0 Å². The second kappa shape index (κ2) is 8.82. The van der Waals surface area contributed by atoms with Gasteiger partial charge in [-0.2, -0.15) is 9.03 Å². The van der Waals surface area contributed by atoms with Crippen molar-refractivity contribution in [3.8, 4) is 0 Å². The summed E-state index contributed by atoms with van der Waals surface area (Å²) in [5, 5.41) is 3.65. The third kappa shape index (κ3) is 4.57. The molecule has 12 heteroatoms. The van der Waals surface area contributed by atoms with Gasteiger partial charge in [0.1, 0.15) is 10.6 Å². The van der Waals surface area contributed by atoms with Crippen LogP contribution in [0.25, 0.3) is 0 Å². The molecule has 1 aliphatic heterocycles. The van der Waals surface area contributed by atoms with Crippen molar-refractivity contribution in [1.29, 1.82) is 0 Å². The fourth-order valence-electron chi connectivity index (χ4n) is 4.48. The lowest BCUT2D eigenvalue weighted by molar-refractivity contribution is -0.133. The van der Waals surface area contributed by atoms with Gasteiger partial charge in [0.25, 0.3) is 0 Å². The Morgan fingerprint density at radius 1 is 1.06 bits per heavy atom. The average Bonchev–Trinajstić information content (AvgIpc) is 3.38. The van der Waals surface area contributed by atoms with Crippen LogP contribution in [0.3, 0.4) is 0 Å². The van der Waals surface area contributed by atoms with E-state index in [1.54, 1.807) is 12.1 Å². The van der Waals surface area contributed by atoms with Gasteiger partial charge in [0.05, 0.1) is 10.9 Å². The van der Waals surface area contributed by atoms with E-state index in [1.807, 2.05) is 6.07 Å². The number of rotatable bonds is 6. The SMILES string of the molecule is Cc1noc(C)c1S(=O)(=O)N[C@@H](C)C(=O)N1CCN(S(=O)(=O)c2ccc3c(c2)CCC3)CC1. The molecule has 1 atom stereocenters. The molecule has 1 N–H and O–H groups in total. The minimum Gasteiger partial charge on any atom is -0.360 e. The van der Waals surface area contributed by atoms with Crippen molar-refractivity contribution < 1.29 is 26.2 Å². The highest BCUT2D eigenvalue weighted by Crippen LogP contribution is 2.27. The molecule has 1 aromatic heterocycles. The third-order valence-electron chi connectivity index (χ3n) is 6.20. The van der Waals surface area contributed by atoms with Crippen LogP contribution in [0.2, 0.25) is 0 Å². The number of hydrogen-bond donors (Lipinski definition) is 1. The van der Waals surface area contributed by atoms with Gasteiger partial charge < -0.3 is 9.42 Å². The van der Waals surface area contributed by atoms with Crippen molar-refractivity contribution in [2.75, 3.05) is 26.2 Å².